The summed E-state index contributed by atoms with van der Waals surface area (Å²) in [5.74, 6) is -2.96. The van der Waals surface area contributed by atoms with Crippen molar-refractivity contribution in [1.82, 2.24) is 14.8 Å². The summed E-state index contributed by atoms with van der Waals surface area (Å²) >= 11 is 0. The van der Waals surface area contributed by atoms with E-state index >= 15 is 0 Å². The Morgan fingerprint density at radius 1 is 0.941 bits per heavy atom. The zero-order valence-electron chi connectivity index (χ0n) is 18.5. The van der Waals surface area contributed by atoms with E-state index < -0.39 is 18.1 Å². The monoisotopic (exact) mass is 480 g/mol. The highest BCUT2D eigenvalue weighted by atomic mass is 19.4. The van der Waals surface area contributed by atoms with Crippen LogP contribution in [-0.2, 0) is 11.3 Å². The summed E-state index contributed by atoms with van der Waals surface area (Å²) in [5.41, 5.74) is 1.50. The van der Waals surface area contributed by atoms with Gasteiger partial charge in [-0.3, -0.25) is 9.80 Å². The number of likely N-dealkylation sites (tertiary alicyclic amines) is 1. The smallest absolute Gasteiger partial charge is 0.477 e. The van der Waals surface area contributed by atoms with E-state index in [0.29, 0.717) is 6.04 Å². The van der Waals surface area contributed by atoms with Gasteiger partial charge in [0.2, 0.25) is 0 Å². The first-order valence-electron chi connectivity index (χ1n) is 10.9. The van der Waals surface area contributed by atoms with Gasteiger partial charge >= 0.3 is 18.1 Å². The Hall–Kier alpha value is -3.18. The fraction of sp³-hybridized carbons (Fsp3) is 0.435. The minimum atomic E-state index is -5.08. The van der Waals surface area contributed by atoms with Gasteiger partial charge < -0.3 is 15.1 Å². The molecule has 2 aliphatic heterocycles. The number of aliphatic carboxylic acids is 1. The number of hydrogen-bond donors (Lipinski definition) is 2. The van der Waals surface area contributed by atoms with E-state index in [4.69, 9.17) is 15.0 Å². The number of hydrogen-bond acceptors (Lipinski definition) is 6. The molecule has 0 saturated carbocycles. The molecule has 1 atom stereocenters. The maximum Gasteiger partial charge on any atom is 0.490 e. The molecule has 2 fully saturated rings. The largest absolute Gasteiger partial charge is 0.490 e. The number of carboxylic acids is 2. The van der Waals surface area contributed by atoms with Crippen LogP contribution in [0.25, 0.3) is 0 Å². The minimum absolute atomic E-state index is 0.113. The summed E-state index contributed by atoms with van der Waals surface area (Å²) in [4.78, 5) is 31.6. The van der Waals surface area contributed by atoms with Crippen molar-refractivity contribution in [2.45, 2.75) is 25.2 Å². The fourth-order valence-electron chi connectivity index (χ4n) is 4.13. The first kappa shape index (κ1) is 25.4. The molecule has 8 nitrogen and oxygen atoms in total. The second-order valence-corrected chi connectivity index (χ2v) is 8.18. The Morgan fingerprint density at radius 3 is 2.18 bits per heavy atom. The second-order valence-electron chi connectivity index (χ2n) is 8.18. The highest BCUT2D eigenvalue weighted by molar-refractivity contribution is 5.85. The molecule has 3 heterocycles. The molecular formula is C23H27F3N4O4. The number of halogens is 3. The third kappa shape index (κ3) is 7.16. The summed E-state index contributed by atoms with van der Waals surface area (Å²) in [6, 6.07) is 16.5. The van der Waals surface area contributed by atoms with Crippen molar-refractivity contribution in [3.8, 4) is 0 Å². The summed E-state index contributed by atoms with van der Waals surface area (Å²) in [7, 11) is 0. The van der Waals surface area contributed by atoms with Crippen LogP contribution >= 0.6 is 0 Å². The van der Waals surface area contributed by atoms with Crippen LogP contribution in [0.3, 0.4) is 0 Å². The van der Waals surface area contributed by atoms with Gasteiger partial charge in [0, 0.05) is 51.9 Å². The van der Waals surface area contributed by atoms with Crippen molar-refractivity contribution in [2.75, 3.05) is 44.2 Å². The van der Waals surface area contributed by atoms with Gasteiger partial charge in [0.05, 0.1) is 0 Å². The molecule has 34 heavy (non-hydrogen) atoms. The van der Waals surface area contributed by atoms with Crippen molar-refractivity contribution in [3.05, 3.63) is 59.8 Å². The molecule has 4 rings (SSSR count). The van der Waals surface area contributed by atoms with E-state index in [1.165, 1.54) is 12.0 Å². The number of benzene rings is 1. The summed E-state index contributed by atoms with van der Waals surface area (Å²) in [6.07, 6.45) is -3.86. The normalized spacial score (nSPS) is 19.4. The van der Waals surface area contributed by atoms with Crippen LogP contribution in [0.2, 0.25) is 0 Å². The average Bonchev–Trinajstić information content (AvgIpc) is 3.28. The molecule has 1 aromatic heterocycles. The Morgan fingerprint density at radius 2 is 1.59 bits per heavy atom. The second kappa shape index (κ2) is 11.3. The Balaban J connectivity index is 0.000000406. The number of nitrogens with zero attached hydrogens (tertiary/aromatic N) is 4. The molecular weight excluding hydrogens is 453 g/mol. The van der Waals surface area contributed by atoms with E-state index in [-0.39, 0.29) is 5.69 Å². The van der Waals surface area contributed by atoms with Crippen molar-refractivity contribution in [2.24, 2.45) is 0 Å². The van der Waals surface area contributed by atoms with Gasteiger partial charge in [-0.15, -0.1) is 0 Å². The highest BCUT2D eigenvalue weighted by Crippen LogP contribution is 2.21. The molecule has 1 unspecified atom stereocenters. The molecule has 2 N–H and O–H groups in total. The number of piperazine rings is 1. The lowest BCUT2D eigenvalue weighted by molar-refractivity contribution is -0.192. The molecule has 0 bridgehead atoms. The third-order valence-corrected chi connectivity index (χ3v) is 5.85. The number of carbonyl (C=O) groups is 2. The predicted octanol–water partition coefficient (Wildman–Crippen LogP) is 2.81. The molecule has 0 amide bonds. The van der Waals surface area contributed by atoms with Crippen LogP contribution in [0, 0.1) is 0 Å². The maximum absolute atomic E-state index is 11.1. The topological polar surface area (TPSA) is 97.2 Å². The van der Waals surface area contributed by atoms with Crippen LogP contribution in [0.5, 0.6) is 0 Å². The van der Waals surface area contributed by atoms with E-state index in [1.54, 1.807) is 12.1 Å². The molecule has 2 saturated heterocycles. The predicted molar refractivity (Wildman–Crippen MR) is 119 cm³/mol. The van der Waals surface area contributed by atoms with Crippen LogP contribution in [-0.4, -0.2) is 88.4 Å². The van der Waals surface area contributed by atoms with E-state index in [2.05, 4.69) is 50.0 Å². The lowest BCUT2D eigenvalue weighted by Crippen LogP contribution is -2.51. The van der Waals surface area contributed by atoms with Crippen LogP contribution < -0.4 is 4.90 Å². The van der Waals surface area contributed by atoms with Crippen molar-refractivity contribution >= 4 is 17.8 Å². The Bertz CT molecular complexity index is 966. The number of carboxylic acid groups (broad SMARTS) is 2. The number of rotatable bonds is 5. The van der Waals surface area contributed by atoms with Crippen molar-refractivity contribution < 1.29 is 33.0 Å². The minimum Gasteiger partial charge on any atom is -0.477 e. The molecule has 2 aromatic rings. The summed E-state index contributed by atoms with van der Waals surface area (Å²) < 4.78 is 31.7. The van der Waals surface area contributed by atoms with Gasteiger partial charge in [0.15, 0.2) is 5.69 Å². The summed E-state index contributed by atoms with van der Waals surface area (Å²) in [6.45, 7) is 7.11. The third-order valence-electron chi connectivity index (χ3n) is 5.85. The highest BCUT2D eigenvalue weighted by Gasteiger charge is 2.38. The molecule has 11 heteroatoms. The van der Waals surface area contributed by atoms with E-state index in [1.807, 2.05) is 6.07 Å². The standard InChI is InChI=1S/C21H26N4O2.C2HF3O2/c26-21(27)19-7-4-8-20(22-19)25-13-11-24(12-14-25)18-9-10-23(16-18)15-17-5-2-1-3-6-17;3-2(4,5)1(6)7/h1-8,18H,9-16H2,(H,26,27);(H,6,7). The van der Waals surface area contributed by atoms with Crippen LogP contribution in [0.15, 0.2) is 48.5 Å². The lowest BCUT2D eigenvalue weighted by Gasteiger charge is -2.38. The number of alkyl halides is 3. The SMILES string of the molecule is O=C(O)C(F)(F)F.O=C(O)c1cccc(N2CCN(C3CCN(Cc4ccccc4)C3)CC2)n1. The number of anilines is 1. The van der Waals surface area contributed by atoms with Gasteiger partial charge in [-0.05, 0) is 24.1 Å². The maximum atomic E-state index is 11.1. The first-order chi connectivity index (χ1) is 16.1. The molecule has 0 spiro atoms. The van der Waals surface area contributed by atoms with Crippen molar-refractivity contribution in [1.29, 1.82) is 0 Å². The zero-order chi connectivity index (χ0) is 24.7. The Kier molecular flexibility index (Phi) is 8.46. The van der Waals surface area contributed by atoms with Gasteiger partial charge in [-0.25, -0.2) is 14.6 Å². The van der Waals surface area contributed by atoms with Crippen molar-refractivity contribution in [3.63, 3.8) is 0 Å². The van der Waals surface area contributed by atoms with Crippen LogP contribution in [0.1, 0.15) is 22.5 Å². The zero-order valence-corrected chi connectivity index (χ0v) is 18.5. The van der Waals surface area contributed by atoms with E-state index in [0.717, 1.165) is 51.6 Å². The van der Waals surface area contributed by atoms with Crippen LogP contribution in [0.4, 0.5) is 19.0 Å². The quantitative estimate of drug-likeness (QED) is 0.675. The molecule has 1 aromatic carbocycles. The molecule has 0 radical (unpaired) electrons. The lowest BCUT2D eigenvalue weighted by atomic mass is 10.2. The molecule has 2 aliphatic rings. The van der Waals surface area contributed by atoms with E-state index in [9.17, 15) is 18.0 Å². The number of aromatic carboxylic acids is 1. The summed E-state index contributed by atoms with van der Waals surface area (Å²) in [5, 5.41) is 16.3. The fourth-order valence-corrected chi connectivity index (χ4v) is 4.13. The Labute approximate surface area is 195 Å². The van der Waals surface area contributed by atoms with Gasteiger partial charge in [-0.1, -0.05) is 36.4 Å². The average molecular weight is 480 g/mol. The molecule has 0 aliphatic carbocycles. The van der Waals surface area contributed by atoms with Gasteiger partial charge in [0.1, 0.15) is 5.82 Å². The molecule has 184 valence electrons. The van der Waals surface area contributed by atoms with Gasteiger partial charge in [-0.2, -0.15) is 13.2 Å². The number of pyridine rings is 1. The van der Waals surface area contributed by atoms with Gasteiger partial charge in [0.25, 0.3) is 0 Å². The number of aromatic nitrogens is 1. The first-order valence-corrected chi connectivity index (χ1v) is 10.9.